The number of fused-ring (bicyclic) bond motifs is 4. The molecule has 2 fully saturated rings. The SMILES string of the molecule is Cc1c(C(=O)NC2CC3CCC(NC(=O)c4ccc5c(c4C)OCC5)(C2)N3c2ccc(C(N)=O)cn2)ccc2c1OCC2. The Morgan fingerprint density at radius 2 is 1.58 bits per heavy atom. The first kappa shape index (κ1) is 27.2. The Labute approximate surface area is 249 Å². The number of carbonyl (C=O) groups is 3. The number of anilines is 1. The number of nitrogens with one attached hydrogen (secondary N) is 2. The van der Waals surface area contributed by atoms with Crippen LogP contribution >= 0.6 is 0 Å². The summed E-state index contributed by atoms with van der Waals surface area (Å²) in [4.78, 5) is 46.0. The van der Waals surface area contributed by atoms with Gasteiger partial charge in [-0.15, -0.1) is 0 Å². The molecule has 10 nitrogen and oxygen atoms in total. The summed E-state index contributed by atoms with van der Waals surface area (Å²) in [6.45, 7) is 5.10. The van der Waals surface area contributed by atoms with E-state index >= 15 is 0 Å². The fourth-order valence-corrected chi connectivity index (χ4v) is 7.46. The van der Waals surface area contributed by atoms with Crippen LogP contribution in [0.1, 0.15) is 79.0 Å². The molecule has 0 aliphatic carbocycles. The zero-order valence-corrected chi connectivity index (χ0v) is 24.4. The number of pyridine rings is 1. The van der Waals surface area contributed by atoms with Crippen molar-refractivity contribution in [1.82, 2.24) is 15.6 Å². The summed E-state index contributed by atoms with van der Waals surface area (Å²) in [5.74, 6) is 1.36. The molecule has 4 aliphatic heterocycles. The largest absolute Gasteiger partial charge is 0.493 e. The Hall–Kier alpha value is -4.60. The molecule has 0 spiro atoms. The molecule has 43 heavy (non-hydrogen) atoms. The predicted molar refractivity (Wildman–Crippen MR) is 160 cm³/mol. The first-order chi connectivity index (χ1) is 20.7. The second kappa shape index (κ2) is 10.3. The molecule has 3 atom stereocenters. The summed E-state index contributed by atoms with van der Waals surface area (Å²) in [6, 6.07) is 11.0. The fraction of sp³-hybridized carbons (Fsp3) is 0.394. The maximum atomic E-state index is 14.0. The average molecular weight is 582 g/mol. The molecule has 2 aromatic carbocycles. The highest BCUT2D eigenvalue weighted by Crippen LogP contribution is 2.45. The summed E-state index contributed by atoms with van der Waals surface area (Å²) in [7, 11) is 0. The molecule has 2 saturated heterocycles. The van der Waals surface area contributed by atoms with E-state index in [1.807, 2.05) is 38.1 Å². The molecule has 222 valence electrons. The molecule has 10 heteroatoms. The maximum absolute atomic E-state index is 14.0. The number of nitrogens with two attached hydrogens (primary N) is 1. The smallest absolute Gasteiger partial charge is 0.253 e. The normalized spacial score (nSPS) is 23.2. The molecule has 0 saturated carbocycles. The summed E-state index contributed by atoms with van der Waals surface area (Å²) in [5.41, 5.74) is 10.1. The van der Waals surface area contributed by atoms with Crippen molar-refractivity contribution in [3.63, 3.8) is 0 Å². The van der Waals surface area contributed by atoms with Crippen molar-refractivity contribution in [2.24, 2.45) is 5.73 Å². The predicted octanol–water partition coefficient (Wildman–Crippen LogP) is 3.35. The van der Waals surface area contributed by atoms with Gasteiger partial charge in [0.15, 0.2) is 0 Å². The van der Waals surface area contributed by atoms with Gasteiger partial charge < -0.3 is 30.7 Å². The van der Waals surface area contributed by atoms with Gasteiger partial charge in [-0.05, 0) is 68.5 Å². The average Bonchev–Trinajstić information content (AvgIpc) is 3.71. The number of hydrogen-bond donors (Lipinski definition) is 3. The molecule has 5 heterocycles. The maximum Gasteiger partial charge on any atom is 0.253 e. The number of aromatic nitrogens is 1. The van der Waals surface area contributed by atoms with Crippen LogP contribution in [0.15, 0.2) is 42.6 Å². The van der Waals surface area contributed by atoms with Gasteiger partial charge in [-0.25, -0.2) is 4.98 Å². The lowest BCUT2D eigenvalue weighted by atomic mass is 9.90. The molecule has 3 unspecified atom stereocenters. The van der Waals surface area contributed by atoms with Gasteiger partial charge in [0, 0.05) is 59.8 Å². The van der Waals surface area contributed by atoms with Crippen molar-refractivity contribution in [2.75, 3.05) is 18.1 Å². The quantitative estimate of drug-likeness (QED) is 0.406. The minimum Gasteiger partial charge on any atom is -0.493 e. The summed E-state index contributed by atoms with van der Waals surface area (Å²) < 4.78 is 11.6. The van der Waals surface area contributed by atoms with Crippen LogP contribution in [0.25, 0.3) is 0 Å². The lowest BCUT2D eigenvalue weighted by Gasteiger charge is -2.49. The van der Waals surface area contributed by atoms with E-state index in [0.717, 1.165) is 53.0 Å². The molecule has 7 rings (SSSR count). The molecule has 0 radical (unpaired) electrons. The Balaban J connectivity index is 1.20. The lowest BCUT2D eigenvalue weighted by molar-refractivity contribution is 0.0856. The van der Waals surface area contributed by atoms with E-state index in [4.69, 9.17) is 15.2 Å². The third-order valence-corrected chi connectivity index (χ3v) is 9.52. The van der Waals surface area contributed by atoms with E-state index in [-0.39, 0.29) is 23.9 Å². The molecular weight excluding hydrogens is 546 g/mol. The van der Waals surface area contributed by atoms with Gasteiger partial charge in [-0.2, -0.15) is 0 Å². The monoisotopic (exact) mass is 581 g/mol. The number of nitrogens with zero attached hydrogens (tertiary/aromatic N) is 2. The fourth-order valence-electron chi connectivity index (χ4n) is 7.46. The molecule has 1 aromatic heterocycles. The summed E-state index contributed by atoms with van der Waals surface area (Å²) in [6.07, 6.45) is 5.83. The van der Waals surface area contributed by atoms with Crippen molar-refractivity contribution < 1.29 is 23.9 Å². The zero-order valence-electron chi connectivity index (χ0n) is 24.4. The van der Waals surface area contributed by atoms with Crippen LogP contribution < -0.4 is 30.7 Å². The van der Waals surface area contributed by atoms with Crippen molar-refractivity contribution in [3.05, 3.63) is 81.5 Å². The standard InChI is InChI=1S/C33H35N5O5/c1-18-25(6-3-20-10-13-42-28(18)20)31(40)36-23-15-24-9-12-33(16-23,38(24)27-8-5-22(17-35-27)30(34)39)37-32(41)26-7-4-21-11-14-43-29(21)19(26)2/h3-8,17,23-24H,9-16H2,1-2H3,(H2,34,39)(H,36,40)(H,37,41). The molecular formula is C33H35N5O5. The van der Waals surface area contributed by atoms with E-state index in [0.29, 0.717) is 55.0 Å². The first-order valence-electron chi connectivity index (χ1n) is 14.9. The van der Waals surface area contributed by atoms with E-state index < -0.39 is 11.6 Å². The highest BCUT2D eigenvalue weighted by atomic mass is 16.5. The van der Waals surface area contributed by atoms with Crippen molar-refractivity contribution in [1.29, 1.82) is 0 Å². The Bertz CT molecular complexity index is 1650. The summed E-state index contributed by atoms with van der Waals surface area (Å²) in [5, 5.41) is 6.65. The number of ether oxygens (including phenoxy) is 2. The molecule has 3 aromatic rings. The minimum atomic E-state index is -0.804. The second-order valence-electron chi connectivity index (χ2n) is 12.1. The number of benzene rings is 2. The van der Waals surface area contributed by atoms with Crippen LogP contribution in [-0.4, -0.2) is 53.7 Å². The van der Waals surface area contributed by atoms with Crippen LogP contribution in [0.3, 0.4) is 0 Å². The Morgan fingerprint density at radius 1 is 0.930 bits per heavy atom. The van der Waals surface area contributed by atoms with E-state index in [1.54, 1.807) is 12.1 Å². The first-order valence-corrected chi connectivity index (χ1v) is 14.9. The zero-order chi connectivity index (χ0) is 29.9. The number of carbonyl (C=O) groups excluding carboxylic acids is 3. The minimum absolute atomic E-state index is 0.0141. The van der Waals surface area contributed by atoms with Crippen LogP contribution in [0.4, 0.5) is 5.82 Å². The second-order valence-corrected chi connectivity index (χ2v) is 12.1. The lowest BCUT2D eigenvalue weighted by Crippen LogP contribution is -2.65. The molecule has 4 aliphatic rings. The molecule has 2 bridgehead atoms. The van der Waals surface area contributed by atoms with Crippen molar-refractivity contribution >= 4 is 23.5 Å². The van der Waals surface area contributed by atoms with Gasteiger partial charge >= 0.3 is 0 Å². The van der Waals surface area contributed by atoms with Crippen LogP contribution in [-0.2, 0) is 12.8 Å². The van der Waals surface area contributed by atoms with E-state index in [9.17, 15) is 14.4 Å². The Kier molecular flexibility index (Phi) is 6.52. The third kappa shape index (κ3) is 4.56. The topological polar surface area (TPSA) is 136 Å². The van der Waals surface area contributed by atoms with Crippen molar-refractivity contribution in [3.8, 4) is 11.5 Å². The van der Waals surface area contributed by atoms with Crippen LogP contribution in [0.2, 0.25) is 0 Å². The number of hydrogen-bond acceptors (Lipinski definition) is 7. The number of amides is 3. The van der Waals surface area contributed by atoms with Crippen molar-refractivity contribution in [2.45, 2.75) is 70.1 Å². The van der Waals surface area contributed by atoms with Gasteiger partial charge in [-0.1, -0.05) is 12.1 Å². The highest BCUT2D eigenvalue weighted by molar-refractivity contribution is 5.98. The van der Waals surface area contributed by atoms with Gasteiger partial charge in [0.1, 0.15) is 23.0 Å². The van der Waals surface area contributed by atoms with Gasteiger partial charge in [0.2, 0.25) is 5.91 Å². The van der Waals surface area contributed by atoms with Crippen LogP contribution in [0, 0.1) is 13.8 Å². The van der Waals surface area contributed by atoms with Gasteiger partial charge in [0.25, 0.3) is 11.8 Å². The van der Waals surface area contributed by atoms with Gasteiger partial charge in [0.05, 0.1) is 18.8 Å². The molecule has 3 amide bonds. The van der Waals surface area contributed by atoms with E-state index in [2.05, 4.69) is 20.5 Å². The van der Waals surface area contributed by atoms with E-state index in [1.165, 1.54) is 6.20 Å². The summed E-state index contributed by atoms with van der Waals surface area (Å²) >= 11 is 0. The molecule has 4 N–H and O–H groups in total. The number of primary amides is 1. The highest BCUT2D eigenvalue weighted by Gasteiger charge is 2.53. The van der Waals surface area contributed by atoms with Crippen LogP contribution in [0.5, 0.6) is 11.5 Å². The van der Waals surface area contributed by atoms with Gasteiger partial charge in [-0.3, -0.25) is 14.4 Å². The Morgan fingerprint density at radius 3 is 2.19 bits per heavy atom. The number of rotatable bonds is 6. The third-order valence-electron chi connectivity index (χ3n) is 9.52. The number of piperidine rings is 1.